The molecule has 0 rings (SSSR count). The lowest BCUT2D eigenvalue weighted by molar-refractivity contribution is -0.142. The molecule has 13 heavy (non-hydrogen) atoms. The summed E-state index contributed by atoms with van der Waals surface area (Å²) >= 11 is 0. The van der Waals surface area contributed by atoms with Gasteiger partial charge in [-0.05, 0) is 13.8 Å². The molecule has 0 aliphatic carbocycles. The fraction of sp³-hybridized carbons (Fsp3) is 0.556. The number of ether oxygens (including phenoxy) is 1. The molecule has 1 amide bonds. The molecule has 0 atom stereocenters. The zero-order valence-electron chi connectivity index (χ0n) is 8.05. The normalized spacial score (nSPS) is 9.08. The van der Waals surface area contributed by atoms with Crippen LogP contribution < -0.4 is 5.32 Å². The van der Waals surface area contributed by atoms with Gasteiger partial charge in [0.05, 0.1) is 13.0 Å². The van der Waals surface area contributed by atoms with Gasteiger partial charge in [-0.1, -0.05) is 6.58 Å². The molecule has 0 spiro atoms. The van der Waals surface area contributed by atoms with E-state index in [2.05, 4.69) is 16.6 Å². The van der Waals surface area contributed by atoms with E-state index in [9.17, 15) is 9.59 Å². The first-order valence-electron chi connectivity index (χ1n) is 4.17. The van der Waals surface area contributed by atoms with E-state index in [-0.39, 0.29) is 18.3 Å². The Labute approximate surface area is 78.0 Å². The van der Waals surface area contributed by atoms with E-state index in [1.807, 2.05) is 0 Å². The second-order valence-corrected chi connectivity index (χ2v) is 2.59. The molecule has 0 aromatic heterocycles. The van der Waals surface area contributed by atoms with Gasteiger partial charge in [0.2, 0.25) is 5.91 Å². The summed E-state index contributed by atoms with van der Waals surface area (Å²) in [5.74, 6) is -0.534. The molecule has 0 unspecified atom stereocenters. The van der Waals surface area contributed by atoms with Crippen molar-refractivity contribution in [1.82, 2.24) is 5.32 Å². The first-order valence-corrected chi connectivity index (χ1v) is 4.17. The molecule has 1 N–H and O–H groups in total. The summed E-state index contributed by atoms with van der Waals surface area (Å²) in [6.07, 6.45) is 0.201. The number of rotatable bonds is 5. The minimum absolute atomic E-state index is 0.201. The van der Waals surface area contributed by atoms with E-state index in [0.717, 1.165) is 0 Å². The van der Waals surface area contributed by atoms with Crippen molar-refractivity contribution in [2.24, 2.45) is 0 Å². The number of hydrogen-bond acceptors (Lipinski definition) is 3. The third kappa shape index (κ3) is 5.90. The minimum Gasteiger partial charge on any atom is -0.466 e. The summed E-state index contributed by atoms with van der Waals surface area (Å²) in [7, 11) is 0. The summed E-state index contributed by atoms with van der Waals surface area (Å²) in [4.78, 5) is 21.7. The van der Waals surface area contributed by atoms with Crippen molar-refractivity contribution in [2.45, 2.75) is 20.3 Å². The Morgan fingerprint density at radius 3 is 2.54 bits per heavy atom. The van der Waals surface area contributed by atoms with Crippen LogP contribution in [0.4, 0.5) is 0 Å². The van der Waals surface area contributed by atoms with Crippen LogP contribution >= 0.6 is 0 Å². The van der Waals surface area contributed by atoms with Gasteiger partial charge in [-0.3, -0.25) is 9.59 Å². The number of nitrogens with one attached hydrogen (secondary N) is 1. The molecule has 0 radical (unpaired) electrons. The maximum absolute atomic E-state index is 10.9. The average molecular weight is 185 g/mol. The molecule has 0 aliphatic rings. The molecule has 4 nitrogen and oxygen atoms in total. The van der Waals surface area contributed by atoms with Crippen LogP contribution in [0.5, 0.6) is 0 Å². The Morgan fingerprint density at radius 1 is 1.46 bits per heavy atom. The van der Waals surface area contributed by atoms with E-state index in [1.54, 1.807) is 13.8 Å². The monoisotopic (exact) mass is 185 g/mol. The van der Waals surface area contributed by atoms with Gasteiger partial charge in [0.25, 0.3) is 0 Å². The molecule has 0 fully saturated rings. The zero-order chi connectivity index (χ0) is 10.3. The molecular weight excluding hydrogens is 170 g/mol. The average Bonchev–Trinajstić information content (AvgIpc) is 2.04. The standard InChI is InChI=1S/C9H15NO3/c1-4-13-8(11)5-6-10-9(12)7(2)3/h2,4-6H2,1,3H3,(H,10,12). The van der Waals surface area contributed by atoms with Gasteiger partial charge in [-0.2, -0.15) is 0 Å². The van der Waals surface area contributed by atoms with Crippen molar-refractivity contribution in [3.05, 3.63) is 12.2 Å². The van der Waals surface area contributed by atoms with Crippen LogP contribution in [0.15, 0.2) is 12.2 Å². The maximum atomic E-state index is 10.9. The van der Waals surface area contributed by atoms with Crippen molar-refractivity contribution in [3.8, 4) is 0 Å². The number of carbonyl (C=O) groups excluding carboxylic acids is 2. The van der Waals surface area contributed by atoms with Crippen LogP contribution in [0.25, 0.3) is 0 Å². The maximum Gasteiger partial charge on any atom is 0.307 e. The number of amides is 1. The molecule has 0 bridgehead atoms. The third-order valence-electron chi connectivity index (χ3n) is 1.31. The van der Waals surface area contributed by atoms with Crippen LogP contribution in [-0.4, -0.2) is 25.0 Å². The van der Waals surface area contributed by atoms with Crippen LogP contribution in [0.1, 0.15) is 20.3 Å². The van der Waals surface area contributed by atoms with E-state index in [4.69, 9.17) is 0 Å². The summed E-state index contributed by atoms with van der Waals surface area (Å²) < 4.78 is 4.67. The van der Waals surface area contributed by atoms with Gasteiger partial charge in [0.1, 0.15) is 0 Å². The van der Waals surface area contributed by atoms with Crippen LogP contribution in [0.2, 0.25) is 0 Å². The molecule has 0 saturated carbocycles. The molecule has 0 aromatic carbocycles. The Hall–Kier alpha value is -1.32. The van der Waals surface area contributed by atoms with Crippen molar-refractivity contribution in [3.63, 3.8) is 0 Å². The SMILES string of the molecule is C=C(C)C(=O)NCCC(=O)OCC. The van der Waals surface area contributed by atoms with Crippen molar-refractivity contribution in [1.29, 1.82) is 0 Å². The summed E-state index contributed by atoms with van der Waals surface area (Å²) in [6.45, 7) is 7.48. The molecule has 0 aromatic rings. The third-order valence-corrected chi connectivity index (χ3v) is 1.31. The predicted molar refractivity (Wildman–Crippen MR) is 49.1 cm³/mol. The Morgan fingerprint density at radius 2 is 2.08 bits per heavy atom. The summed E-state index contributed by atoms with van der Waals surface area (Å²) in [5.41, 5.74) is 0.434. The number of hydrogen-bond donors (Lipinski definition) is 1. The van der Waals surface area contributed by atoms with Crippen molar-refractivity contribution >= 4 is 11.9 Å². The Balaban J connectivity index is 3.50. The Bertz CT molecular complexity index is 211. The lowest BCUT2D eigenvalue weighted by atomic mass is 10.3. The first kappa shape index (κ1) is 11.7. The highest BCUT2D eigenvalue weighted by Crippen LogP contribution is 1.88. The fourth-order valence-corrected chi connectivity index (χ4v) is 0.662. The topological polar surface area (TPSA) is 55.4 Å². The lowest BCUT2D eigenvalue weighted by Gasteiger charge is -2.03. The van der Waals surface area contributed by atoms with Gasteiger partial charge in [-0.25, -0.2) is 0 Å². The van der Waals surface area contributed by atoms with E-state index < -0.39 is 0 Å². The lowest BCUT2D eigenvalue weighted by Crippen LogP contribution is -2.26. The fourth-order valence-electron chi connectivity index (χ4n) is 0.662. The van der Waals surface area contributed by atoms with E-state index in [1.165, 1.54) is 0 Å². The largest absolute Gasteiger partial charge is 0.466 e. The van der Waals surface area contributed by atoms with E-state index >= 15 is 0 Å². The van der Waals surface area contributed by atoms with Gasteiger partial charge in [-0.15, -0.1) is 0 Å². The van der Waals surface area contributed by atoms with Crippen LogP contribution in [-0.2, 0) is 14.3 Å². The highest BCUT2D eigenvalue weighted by Gasteiger charge is 2.03. The zero-order valence-corrected chi connectivity index (χ0v) is 8.05. The van der Waals surface area contributed by atoms with Crippen molar-refractivity contribution in [2.75, 3.05) is 13.2 Å². The highest BCUT2D eigenvalue weighted by atomic mass is 16.5. The van der Waals surface area contributed by atoms with E-state index in [0.29, 0.717) is 18.7 Å². The molecule has 4 heteroatoms. The first-order chi connectivity index (χ1) is 6.07. The number of carbonyl (C=O) groups is 2. The highest BCUT2D eigenvalue weighted by molar-refractivity contribution is 5.92. The minimum atomic E-state index is -0.301. The summed E-state index contributed by atoms with van der Waals surface area (Å²) in [6, 6.07) is 0. The predicted octanol–water partition coefficient (Wildman–Crippen LogP) is 0.632. The number of esters is 1. The summed E-state index contributed by atoms with van der Waals surface area (Å²) in [5, 5.41) is 2.53. The molecule has 0 heterocycles. The van der Waals surface area contributed by atoms with Crippen LogP contribution in [0.3, 0.4) is 0 Å². The van der Waals surface area contributed by atoms with Gasteiger partial charge in [0.15, 0.2) is 0 Å². The van der Waals surface area contributed by atoms with Crippen LogP contribution in [0, 0.1) is 0 Å². The molecule has 0 aliphatic heterocycles. The molecule has 74 valence electrons. The molecule has 0 saturated heterocycles. The molecular formula is C9H15NO3. The second kappa shape index (κ2) is 6.22. The second-order valence-electron chi connectivity index (χ2n) is 2.59. The smallest absolute Gasteiger partial charge is 0.307 e. The quantitative estimate of drug-likeness (QED) is 0.505. The van der Waals surface area contributed by atoms with Gasteiger partial charge in [0, 0.05) is 12.1 Å². The van der Waals surface area contributed by atoms with Crippen molar-refractivity contribution < 1.29 is 14.3 Å². The van der Waals surface area contributed by atoms with Gasteiger partial charge >= 0.3 is 5.97 Å². The van der Waals surface area contributed by atoms with Gasteiger partial charge < -0.3 is 10.1 Å². The Kier molecular flexibility index (Phi) is 5.59.